The number of hydrogen-bond acceptors (Lipinski definition) is 2. The highest BCUT2D eigenvalue weighted by atomic mass is 19.4. The van der Waals surface area contributed by atoms with Crippen molar-refractivity contribution in [1.29, 1.82) is 0 Å². The average Bonchev–Trinajstić information content (AvgIpc) is 3.19. The van der Waals surface area contributed by atoms with Crippen molar-refractivity contribution in [3.8, 4) is 0 Å². The molecule has 7 heteroatoms. The quantitative estimate of drug-likeness (QED) is 0.373. The second-order valence-corrected chi connectivity index (χ2v) is 13.4. The average molecular weight is 545 g/mol. The van der Waals surface area contributed by atoms with Gasteiger partial charge in [0.1, 0.15) is 0 Å². The lowest BCUT2D eigenvalue weighted by Crippen LogP contribution is -2.56. The molecule has 1 aromatic heterocycles. The van der Waals surface area contributed by atoms with E-state index in [1.54, 1.807) is 19.2 Å². The SMILES string of the molecule is CC1=C(CCCC(=O)Nc2ccc3c(c2)c(C(F)(F)F)cn3C)[C@@H]2CC[C@H]3C(C)(C)[C@@H](O)CC[C@]3(C)[C@H]2CC1. The molecule has 1 heterocycles. The molecule has 214 valence electrons. The number of carbonyl (C=O) groups is 1. The first-order valence-corrected chi connectivity index (χ1v) is 14.6. The van der Waals surface area contributed by atoms with Crippen LogP contribution in [0.4, 0.5) is 18.9 Å². The van der Waals surface area contributed by atoms with E-state index in [0.29, 0.717) is 35.4 Å². The molecule has 1 amide bonds. The zero-order valence-electron chi connectivity index (χ0n) is 23.9. The molecule has 2 N–H and O–H groups in total. The maximum atomic E-state index is 13.5. The number of amides is 1. The fourth-order valence-corrected chi connectivity index (χ4v) is 8.78. The second-order valence-electron chi connectivity index (χ2n) is 13.4. The van der Waals surface area contributed by atoms with E-state index in [2.05, 4.69) is 33.0 Å². The number of hydrogen-bond donors (Lipinski definition) is 2. The zero-order valence-corrected chi connectivity index (χ0v) is 23.9. The van der Waals surface area contributed by atoms with Gasteiger partial charge in [0, 0.05) is 36.3 Å². The monoisotopic (exact) mass is 544 g/mol. The molecule has 1 aromatic carbocycles. The van der Waals surface area contributed by atoms with Crippen LogP contribution in [0.25, 0.3) is 10.9 Å². The standard InChI is InChI=1S/C32H43F3N2O2/c1-19-9-12-24-22(11-14-27-30(2,3)28(38)15-16-31(24,27)4)21(19)7-6-8-29(39)36-20-10-13-26-23(17-20)25(18-37(26)5)32(33,34)35/h10,13,17-18,22,24,27-28,38H,6-9,11-12,14-16H2,1-5H3,(H,36,39)/t22-,24-,27-,28-,31+/m0/s1. The third-order valence-corrected chi connectivity index (χ3v) is 10.9. The van der Waals surface area contributed by atoms with Gasteiger partial charge in [0.05, 0.1) is 11.7 Å². The topological polar surface area (TPSA) is 54.3 Å². The molecule has 5 atom stereocenters. The number of halogens is 3. The molecule has 39 heavy (non-hydrogen) atoms. The highest BCUT2D eigenvalue weighted by molar-refractivity contribution is 5.95. The molecule has 3 aliphatic carbocycles. The first-order valence-electron chi connectivity index (χ1n) is 14.6. The third kappa shape index (κ3) is 4.93. The summed E-state index contributed by atoms with van der Waals surface area (Å²) in [6.07, 6.45) is 4.94. The van der Waals surface area contributed by atoms with Gasteiger partial charge in [-0.05, 0) is 105 Å². The molecule has 2 fully saturated rings. The summed E-state index contributed by atoms with van der Waals surface area (Å²) in [6.45, 7) is 9.23. The molecule has 4 nitrogen and oxygen atoms in total. The summed E-state index contributed by atoms with van der Waals surface area (Å²) >= 11 is 0. The maximum Gasteiger partial charge on any atom is 0.418 e. The zero-order chi connectivity index (χ0) is 28.3. The number of fused-ring (bicyclic) bond motifs is 4. The summed E-state index contributed by atoms with van der Waals surface area (Å²) < 4.78 is 41.9. The lowest BCUT2D eigenvalue weighted by Gasteiger charge is -2.62. The summed E-state index contributed by atoms with van der Waals surface area (Å²) in [5.74, 6) is 1.54. The lowest BCUT2D eigenvalue weighted by molar-refractivity contribution is -0.149. The first kappa shape index (κ1) is 28.3. The van der Waals surface area contributed by atoms with Crippen LogP contribution >= 0.6 is 0 Å². The Kier molecular flexibility index (Phi) is 7.22. The number of alkyl halides is 3. The van der Waals surface area contributed by atoms with Gasteiger partial charge in [-0.25, -0.2) is 0 Å². The number of benzene rings is 1. The number of rotatable bonds is 5. The minimum absolute atomic E-state index is 0.0595. The highest BCUT2D eigenvalue weighted by Crippen LogP contribution is 2.64. The van der Waals surface area contributed by atoms with E-state index in [1.807, 2.05) is 0 Å². The number of carbonyl (C=O) groups excluding carboxylic acids is 1. The number of nitrogens with zero attached hydrogens (tertiary/aromatic N) is 1. The predicted octanol–water partition coefficient (Wildman–Crippen LogP) is 8.25. The number of aliphatic hydroxyl groups is 1. The molecule has 0 unspecified atom stereocenters. The fraction of sp³-hybridized carbons (Fsp3) is 0.656. The van der Waals surface area contributed by atoms with Crippen LogP contribution in [0.5, 0.6) is 0 Å². The van der Waals surface area contributed by atoms with E-state index >= 15 is 0 Å². The molecule has 3 aliphatic rings. The van der Waals surface area contributed by atoms with Gasteiger partial charge in [-0.2, -0.15) is 13.2 Å². The van der Waals surface area contributed by atoms with Gasteiger partial charge >= 0.3 is 6.18 Å². The van der Waals surface area contributed by atoms with Gasteiger partial charge in [0.25, 0.3) is 0 Å². The number of anilines is 1. The van der Waals surface area contributed by atoms with Crippen LogP contribution in [-0.2, 0) is 18.0 Å². The molecule has 0 radical (unpaired) electrons. The molecule has 0 aliphatic heterocycles. The number of aryl methyl sites for hydroxylation is 1. The molecule has 0 spiro atoms. The van der Waals surface area contributed by atoms with Crippen LogP contribution in [0.15, 0.2) is 35.5 Å². The Morgan fingerprint density at radius 3 is 2.62 bits per heavy atom. The van der Waals surface area contributed by atoms with Gasteiger partial charge < -0.3 is 15.0 Å². The molecule has 0 bridgehead atoms. The normalized spacial score (nSPS) is 30.7. The first-order chi connectivity index (χ1) is 18.2. The molecule has 2 saturated carbocycles. The van der Waals surface area contributed by atoms with Crippen molar-refractivity contribution in [3.05, 3.63) is 41.1 Å². The number of aromatic nitrogens is 1. The number of nitrogens with one attached hydrogen (secondary N) is 1. The van der Waals surface area contributed by atoms with E-state index in [-0.39, 0.29) is 28.2 Å². The van der Waals surface area contributed by atoms with Gasteiger partial charge in [-0.3, -0.25) is 4.79 Å². The minimum Gasteiger partial charge on any atom is -0.393 e. The van der Waals surface area contributed by atoms with Crippen LogP contribution in [0.1, 0.15) is 91.0 Å². The molecular weight excluding hydrogens is 501 g/mol. The molecule has 0 saturated heterocycles. The van der Waals surface area contributed by atoms with E-state index in [1.165, 1.54) is 28.2 Å². The van der Waals surface area contributed by atoms with Crippen LogP contribution in [0.2, 0.25) is 0 Å². The summed E-state index contributed by atoms with van der Waals surface area (Å²) in [5, 5.41) is 13.7. The van der Waals surface area contributed by atoms with Crippen molar-refractivity contribution in [2.45, 2.75) is 97.8 Å². The van der Waals surface area contributed by atoms with Crippen molar-refractivity contribution in [2.75, 3.05) is 5.32 Å². The Hall–Kier alpha value is -2.28. The van der Waals surface area contributed by atoms with Gasteiger partial charge in [-0.15, -0.1) is 0 Å². The van der Waals surface area contributed by atoms with Crippen molar-refractivity contribution in [1.82, 2.24) is 4.57 Å². The van der Waals surface area contributed by atoms with E-state index in [0.717, 1.165) is 51.1 Å². The van der Waals surface area contributed by atoms with Crippen molar-refractivity contribution < 1.29 is 23.1 Å². The number of allylic oxidation sites excluding steroid dienone is 2. The largest absolute Gasteiger partial charge is 0.418 e. The predicted molar refractivity (Wildman–Crippen MR) is 149 cm³/mol. The molecule has 5 rings (SSSR count). The Labute approximate surface area is 230 Å². The molecular formula is C32H43F3N2O2. The summed E-state index contributed by atoms with van der Waals surface area (Å²) in [6, 6.07) is 4.72. The summed E-state index contributed by atoms with van der Waals surface area (Å²) in [5.41, 5.74) is 3.37. The van der Waals surface area contributed by atoms with E-state index in [4.69, 9.17) is 0 Å². The fourth-order valence-electron chi connectivity index (χ4n) is 8.78. The second kappa shape index (κ2) is 9.97. The maximum absolute atomic E-state index is 13.5. The van der Waals surface area contributed by atoms with Crippen LogP contribution in [0, 0.1) is 28.6 Å². The highest BCUT2D eigenvalue weighted by Gasteiger charge is 2.58. The minimum atomic E-state index is -4.45. The van der Waals surface area contributed by atoms with Gasteiger partial charge in [-0.1, -0.05) is 31.9 Å². The summed E-state index contributed by atoms with van der Waals surface area (Å²) in [4.78, 5) is 12.8. The van der Waals surface area contributed by atoms with Crippen LogP contribution in [-0.4, -0.2) is 21.7 Å². The van der Waals surface area contributed by atoms with Gasteiger partial charge in [0.2, 0.25) is 5.91 Å². The van der Waals surface area contributed by atoms with Crippen LogP contribution in [0.3, 0.4) is 0 Å². The van der Waals surface area contributed by atoms with Crippen molar-refractivity contribution in [2.24, 2.45) is 35.6 Å². The van der Waals surface area contributed by atoms with Gasteiger partial charge in [0.15, 0.2) is 0 Å². The Morgan fingerprint density at radius 2 is 1.90 bits per heavy atom. The lowest BCUT2D eigenvalue weighted by atomic mass is 9.43. The smallest absolute Gasteiger partial charge is 0.393 e. The Balaban J connectivity index is 1.24. The summed E-state index contributed by atoms with van der Waals surface area (Å²) in [7, 11) is 1.59. The molecule has 2 aromatic rings. The van der Waals surface area contributed by atoms with Crippen molar-refractivity contribution >= 4 is 22.5 Å². The Bertz CT molecular complexity index is 1290. The van der Waals surface area contributed by atoms with E-state index < -0.39 is 11.7 Å². The van der Waals surface area contributed by atoms with E-state index in [9.17, 15) is 23.1 Å². The Morgan fingerprint density at radius 1 is 1.15 bits per heavy atom. The van der Waals surface area contributed by atoms with Crippen LogP contribution < -0.4 is 5.32 Å². The third-order valence-electron chi connectivity index (χ3n) is 10.9. The van der Waals surface area contributed by atoms with Crippen molar-refractivity contribution in [3.63, 3.8) is 0 Å². The number of aliphatic hydroxyl groups excluding tert-OH is 1.